The van der Waals surface area contributed by atoms with Gasteiger partial charge in [-0.15, -0.1) is 0 Å². The highest BCUT2D eigenvalue weighted by Crippen LogP contribution is 2.09. The Morgan fingerprint density at radius 2 is 2.00 bits per heavy atom. The molecular formula is C12H24N2O3. The number of methoxy groups -OCH3 is 1. The van der Waals surface area contributed by atoms with Crippen LogP contribution in [0, 0.1) is 0 Å². The second-order valence-electron chi connectivity index (χ2n) is 4.45. The van der Waals surface area contributed by atoms with E-state index in [-0.39, 0.29) is 18.6 Å². The zero-order valence-corrected chi connectivity index (χ0v) is 10.9. The van der Waals surface area contributed by atoms with Gasteiger partial charge in [-0.2, -0.15) is 0 Å². The predicted molar refractivity (Wildman–Crippen MR) is 65.8 cm³/mol. The lowest BCUT2D eigenvalue weighted by atomic mass is 10.1. The number of piperazine rings is 1. The molecular weight excluding hydrogens is 220 g/mol. The second kappa shape index (κ2) is 7.63. The van der Waals surface area contributed by atoms with Gasteiger partial charge in [0.05, 0.1) is 20.1 Å². The van der Waals surface area contributed by atoms with E-state index in [1.807, 2.05) is 0 Å². The number of esters is 1. The van der Waals surface area contributed by atoms with E-state index in [0.717, 1.165) is 39.1 Å². The van der Waals surface area contributed by atoms with E-state index in [9.17, 15) is 9.90 Å². The minimum absolute atomic E-state index is 0.144. The van der Waals surface area contributed by atoms with Crippen molar-refractivity contribution in [1.82, 2.24) is 9.80 Å². The summed E-state index contributed by atoms with van der Waals surface area (Å²) in [5.74, 6) is -0.144. The summed E-state index contributed by atoms with van der Waals surface area (Å²) in [7, 11) is 1.42. The van der Waals surface area contributed by atoms with Crippen molar-refractivity contribution in [1.29, 1.82) is 0 Å². The summed E-state index contributed by atoms with van der Waals surface area (Å²) in [6, 6.07) is 0.290. The predicted octanol–water partition coefficient (Wildman–Crippen LogP) is -0.0620. The molecule has 100 valence electrons. The fourth-order valence-corrected chi connectivity index (χ4v) is 2.21. The Morgan fingerprint density at radius 3 is 2.47 bits per heavy atom. The van der Waals surface area contributed by atoms with Gasteiger partial charge in [0.1, 0.15) is 0 Å². The van der Waals surface area contributed by atoms with Crippen LogP contribution >= 0.6 is 0 Å². The fourth-order valence-electron chi connectivity index (χ4n) is 2.21. The van der Waals surface area contributed by atoms with E-state index in [4.69, 9.17) is 0 Å². The standard InChI is InChI=1S/C12H24N2O3/c1-3-11(10-15)14-8-6-13(7-9-14)5-4-12(16)17-2/h11,15H,3-10H2,1-2H3. The van der Waals surface area contributed by atoms with Gasteiger partial charge in [-0.3, -0.25) is 9.69 Å². The van der Waals surface area contributed by atoms with Gasteiger partial charge >= 0.3 is 5.97 Å². The lowest BCUT2D eigenvalue weighted by Gasteiger charge is -2.38. The molecule has 1 fully saturated rings. The minimum atomic E-state index is -0.144. The summed E-state index contributed by atoms with van der Waals surface area (Å²) in [4.78, 5) is 15.6. The molecule has 0 aliphatic carbocycles. The zero-order chi connectivity index (χ0) is 12.7. The molecule has 5 heteroatoms. The number of carbonyl (C=O) groups excluding carboxylic acids is 1. The highest BCUT2D eigenvalue weighted by Gasteiger charge is 2.22. The first-order valence-corrected chi connectivity index (χ1v) is 6.35. The quantitative estimate of drug-likeness (QED) is 0.663. The number of hydrogen-bond donors (Lipinski definition) is 1. The van der Waals surface area contributed by atoms with Gasteiger partial charge in [0, 0.05) is 38.8 Å². The van der Waals surface area contributed by atoms with Gasteiger partial charge in [0.25, 0.3) is 0 Å². The molecule has 0 saturated carbocycles. The molecule has 0 aromatic carbocycles. The maximum Gasteiger partial charge on any atom is 0.306 e. The van der Waals surface area contributed by atoms with Crippen LogP contribution < -0.4 is 0 Å². The van der Waals surface area contributed by atoms with Crippen LogP contribution in [0.15, 0.2) is 0 Å². The summed E-state index contributed by atoms with van der Waals surface area (Å²) in [6.07, 6.45) is 1.45. The zero-order valence-electron chi connectivity index (χ0n) is 10.9. The monoisotopic (exact) mass is 244 g/mol. The van der Waals surface area contributed by atoms with Crippen LogP contribution in [-0.4, -0.2) is 73.4 Å². The molecule has 1 heterocycles. The third-order valence-electron chi connectivity index (χ3n) is 3.47. The lowest BCUT2D eigenvalue weighted by molar-refractivity contribution is -0.141. The molecule has 1 N–H and O–H groups in total. The molecule has 0 radical (unpaired) electrons. The number of carbonyl (C=O) groups is 1. The Bertz CT molecular complexity index is 224. The van der Waals surface area contributed by atoms with Crippen molar-refractivity contribution in [3.05, 3.63) is 0 Å². The van der Waals surface area contributed by atoms with Gasteiger partial charge in [-0.1, -0.05) is 6.92 Å². The summed E-state index contributed by atoms with van der Waals surface area (Å²) in [5, 5.41) is 9.24. The second-order valence-corrected chi connectivity index (χ2v) is 4.45. The van der Waals surface area contributed by atoms with Crippen LogP contribution in [0.2, 0.25) is 0 Å². The number of ether oxygens (including phenoxy) is 1. The topological polar surface area (TPSA) is 53.0 Å². The highest BCUT2D eigenvalue weighted by molar-refractivity contribution is 5.69. The van der Waals surface area contributed by atoms with E-state index in [2.05, 4.69) is 21.5 Å². The summed E-state index contributed by atoms with van der Waals surface area (Å²) < 4.78 is 4.63. The van der Waals surface area contributed by atoms with Crippen molar-refractivity contribution in [3.8, 4) is 0 Å². The van der Waals surface area contributed by atoms with Crippen LogP contribution in [-0.2, 0) is 9.53 Å². The van der Waals surface area contributed by atoms with Crippen LogP contribution in [0.5, 0.6) is 0 Å². The first kappa shape index (κ1) is 14.4. The molecule has 1 aliphatic rings. The van der Waals surface area contributed by atoms with Crippen molar-refractivity contribution < 1.29 is 14.6 Å². The average molecular weight is 244 g/mol. The molecule has 0 aromatic heterocycles. The Balaban J connectivity index is 2.23. The van der Waals surface area contributed by atoms with Crippen molar-refractivity contribution in [3.63, 3.8) is 0 Å². The van der Waals surface area contributed by atoms with Gasteiger partial charge in [-0.25, -0.2) is 0 Å². The van der Waals surface area contributed by atoms with Crippen molar-refractivity contribution >= 4 is 5.97 Å². The van der Waals surface area contributed by atoms with E-state index < -0.39 is 0 Å². The van der Waals surface area contributed by atoms with Gasteiger partial charge in [-0.05, 0) is 6.42 Å². The third kappa shape index (κ3) is 4.61. The number of rotatable bonds is 6. The van der Waals surface area contributed by atoms with E-state index in [1.165, 1.54) is 7.11 Å². The number of nitrogens with zero attached hydrogens (tertiary/aromatic N) is 2. The highest BCUT2D eigenvalue weighted by atomic mass is 16.5. The van der Waals surface area contributed by atoms with Crippen LogP contribution in [0.25, 0.3) is 0 Å². The minimum Gasteiger partial charge on any atom is -0.469 e. The maximum atomic E-state index is 11.0. The van der Waals surface area contributed by atoms with E-state index in [1.54, 1.807) is 0 Å². The van der Waals surface area contributed by atoms with Crippen LogP contribution in [0.3, 0.4) is 0 Å². The SMILES string of the molecule is CCC(CO)N1CCN(CCC(=O)OC)CC1. The molecule has 0 spiro atoms. The van der Waals surface area contributed by atoms with Crippen LogP contribution in [0.1, 0.15) is 19.8 Å². The summed E-state index contributed by atoms with van der Waals surface area (Å²) in [6.45, 7) is 6.99. The first-order valence-electron chi connectivity index (χ1n) is 6.35. The number of aliphatic hydroxyl groups is 1. The molecule has 17 heavy (non-hydrogen) atoms. The average Bonchev–Trinajstić information content (AvgIpc) is 2.38. The Kier molecular flexibility index (Phi) is 6.47. The molecule has 1 atom stereocenters. The van der Waals surface area contributed by atoms with Crippen molar-refractivity contribution in [2.75, 3.05) is 46.4 Å². The molecule has 1 saturated heterocycles. The molecule has 0 bridgehead atoms. The molecule has 0 aromatic rings. The van der Waals surface area contributed by atoms with Gasteiger partial charge in [0.15, 0.2) is 0 Å². The normalized spacial score (nSPS) is 20.2. The van der Waals surface area contributed by atoms with E-state index >= 15 is 0 Å². The lowest BCUT2D eigenvalue weighted by Crippen LogP contribution is -2.51. The first-order chi connectivity index (χ1) is 8.21. The molecule has 5 nitrogen and oxygen atoms in total. The molecule has 1 unspecified atom stereocenters. The fraction of sp³-hybridized carbons (Fsp3) is 0.917. The van der Waals surface area contributed by atoms with Crippen molar-refractivity contribution in [2.24, 2.45) is 0 Å². The Morgan fingerprint density at radius 1 is 1.35 bits per heavy atom. The van der Waals surface area contributed by atoms with E-state index in [0.29, 0.717) is 6.42 Å². The van der Waals surface area contributed by atoms with Gasteiger partial charge in [0.2, 0.25) is 0 Å². The number of aliphatic hydroxyl groups excluding tert-OH is 1. The Labute approximate surface area is 103 Å². The summed E-state index contributed by atoms with van der Waals surface area (Å²) in [5.41, 5.74) is 0. The van der Waals surface area contributed by atoms with Crippen molar-refractivity contribution in [2.45, 2.75) is 25.8 Å². The number of hydrogen-bond acceptors (Lipinski definition) is 5. The molecule has 1 aliphatic heterocycles. The van der Waals surface area contributed by atoms with Gasteiger partial charge < -0.3 is 14.7 Å². The maximum absolute atomic E-state index is 11.0. The third-order valence-corrected chi connectivity index (χ3v) is 3.47. The summed E-state index contributed by atoms with van der Waals surface area (Å²) >= 11 is 0. The molecule has 1 rings (SSSR count). The largest absolute Gasteiger partial charge is 0.469 e. The molecule has 0 amide bonds. The Hall–Kier alpha value is -0.650. The van der Waals surface area contributed by atoms with Crippen LogP contribution in [0.4, 0.5) is 0 Å². The smallest absolute Gasteiger partial charge is 0.306 e.